The summed E-state index contributed by atoms with van der Waals surface area (Å²) in [5.41, 5.74) is 3.71. The summed E-state index contributed by atoms with van der Waals surface area (Å²) in [6, 6.07) is 9.09. The van der Waals surface area contributed by atoms with Gasteiger partial charge in [-0.3, -0.25) is 9.59 Å². The first-order valence-corrected chi connectivity index (χ1v) is 11.8. The van der Waals surface area contributed by atoms with Gasteiger partial charge in [0.05, 0.1) is 6.04 Å². The van der Waals surface area contributed by atoms with Crippen LogP contribution in [-0.2, 0) is 37.2 Å². The minimum absolute atomic E-state index is 0.113. The molecule has 1 amide bonds. The monoisotopic (exact) mass is 436 g/mol. The quantitative estimate of drug-likeness (QED) is 0.619. The van der Waals surface area contributed by atoms with Gasteiger partial charge in [-0.1, -0.05) is 24.3 Å². The van der Waals surface area contributed by atoms with Crippen LogP contribution in [0.2, 0.25) is 0 Å². The zero-order valence-electron chi connectivity index (χ0n) is 16.1. The van der Waals surface area contributed by atoms with E-state index in [2.05, 4.69) is 22.2 Å². The Bertz CT molecular complexity index is 971. The van der Waals surface area contributed by atoms with Gasteiger partial charge in [0.25, 0.3) is 15.9 Å². The zero-order chi connectivity index (χ0) is 20.9. The first kappa shape index (κ1) is 21.5. The molecule has 0 saturated carbocycles. The summed E-state index contributed by atoms with van der Waals surface area (Å²) in [7, 11) is -3.75. The highest BCUT2D eigenvalue weighted by atomic mass is 32.2. The molecule has 2 aromatic rings. The fraction of sp³-hybridized carbons (Fsp3) is 0.400. The van der Waals surface area contributed by atoms with E-state index in [9.17, 15) is 18.0 Å². The van der Waals surface area contributed by atoms with Gasteiger partial charge in [-0.25, -0.2) is 8.42 Å². The van der Waals surface area contributed by atoms with E-state index in [0.29, 0.717) is 0 Å². The number of aryl methyl sites for hydroxylation is 2. The number of thiophene rings is 1. The molecule has 0 saturated heterocycles. The number of hydrogen-bond acceptors (Lipinski definition) is 6. The van der Waals surface area contributed by atoms with Crippen LogP contribution in [0.4, 0.5) is 0 Å². The van der Waals surface area contributed by atoms with Gasteiger partial charge in [-0.2, -0.15) is 4.72 Å². The van der Waals surface area contributed by atoms with E-state index < -0.39 is 35.1 Å². The number of rotatable bonds is 8. The van der Waals surface area contributed by atoms with Crippen molar-refractivity contribution in [2.24, 2.45) is 0 Å². The van der Waals surface area contributed by atoms with E-state index in [1.54, 1.807) is 11.4 Å². The van der Waals surface area contributed by atoms with Crippen LogP contribution in [0.15, 0.2) is 39.9 Å². The van der Waals surface area contributed by atoms with E-state index in [4.69, 9.17) is 4.74 Å². The van der Waals surface area contributed by atoms with Crippen LogP contribution in [0, 0.1) is 0 Å². The number of ether oxygens (including phenoxy) is 1. The molecule has 0 spiro atoms. The fourth-order valence-electron chi connectivity index (χ4n) is 3.23. The molecule has 0 radical (unpaired) electrons. The molecule has 1 atom stereocenters. The van der Waals surface area contributed by atoms with E-state index in [-0.39, 0.29) is 10.3 Å². The van der Waals surface area contributed by atoms with Crippen molar-refractivity contribution in [1.82, 2.24) is 10.0 Å². The highest BCUT2D eigenvalue weighted by Gasteiger charge is 2.18. The number of esters is 1. The standard InChI is InChI=1S/C20H24N2O5S2/c1-14(16-9-8-15-5-2-3-6-17(15)11-16)22-18(23)13-27-19(24)12-21-29(25,26)20-7-4-10-28-20/h4,7-11,14,21H,2-3,5-6,12-13H2,1H3,(H,22,23). The summed E-state index contributed by atoms with van der Waals surface area (Å²) >= 11 is 1.05. The number of hydrogen-bond donors (Lipinski definition) is 2. The Labute approximate surface area is 174 Å². The maximum Gasteiger partial charge on any atom is 0.321 e. The highest BCUT2D eigenvalue weighted by molar-refractivity contribution is 7.91. The van der Waals surface area contributed by atoms with Crippen molar-refractivity contribution < 1.29 is 22.7 Å². The average Bonchev–Trinajstić information content (AvgIpc) is 3.26. The molecule has 0 aliphatic heterocycles. The van der Waals surface area contributed by atoms with Crippen LogP contribution in [0.1, 0.15) is 42.5 Å². The molecule has 0 fully saturated rings. The first-order chi connectivity index (χ1) is 13.8. The lowest BCUT2D eigenvalue weighted by Gasteiger charge is -2.20. The van der Waals surface area contributed by atoms with Crippen LogP contribution in [0.5, 0.6) is 0 Å². The van der Waals surface area contributed by atoms with Crippen molar-refractivity contribution in [1.29, 1.82) is 0 Å². The molecule has 1 aromatic heterocycles. The largest absolute Gasteiger partial charge is 0.455 e. The highest BCUT2D eigenvalue weighted by Crippen LogP contribution is 2.24. The Hall–Kier alpha value is -2.23. The molecule has 3 rings (SSSR count). The van der Waals surface area contributed by atoms with E-state index in [0.717, 1.165) is 29.7 Å². The number of fused-ring (bicyclic) bond motifs is 1. The van der Waals surface area contributed by atoms with E-state index in [1.165, 1.54) is 30.0 Å². The Morgan fingerprint density at radius 3 is 2.66 bits per heavy atom. The molecule has 7 nitrogen and oxygen atoms in total. The Morgan fingerprint density at radius 1 is 1.17 bits per heavy atom. The van der Waals surface area contributed by atoms with Crippen molar-refractivity contribution in [3.63, 3.8) is 0 Å². The van der Waals surface area contributed by atoms with Gasteiger partial charge < -0.3 is 10.1 Å². The van der Waals surface area contributed by atoms with Crippen LogP contribution in [0.3, 0.4) is 0 Å². The number of nitrogens with one attached hydrogen (secondary N) is 2. The first-order valence-electron chi connectivity index (χ1n) is 9.45. The molecule has 1 aromatic carbocycles. The second-order valence-electron chi connectivity index (χ2n) is 6.94. The van der Waals surface area contributed by atoms with Crippen molar-refractivity contribution in [3.8, 4) is 0 Å². The molecule has 1 heterocycles. The number of carbonyl (C=O) groups excluding carboxylic acids is 2. The minimum Gasteiger partial charge on any atom is -0.455 e. The molecule has 0 bridgehead atoms. The summed E-state index contributed by atoms with van der Waals surface area (Å²) in [4.78, 5) is 23.8. The van der Waals surface area contributed by atoms with Gasteiger partial charge in [-0.05, 0) is 60.7 Å². The maximum atomic E-state index is 12.1. The lowest BCUT2D eigenvalue weighted by Crippen LogP contribution is -2.34. The average molecular weight is 437 g/mol. The van der Waals surface area contributed by atoms with Crippen molar-refractivity contribution in [2.75, 3.05) is 13.2 Å². The summed E-state index contributed by atoms with van der Waals surface area (Å²) in [5.74, 6) is -1.26. The smallest absolute Gasteiger partial charge is 0.321 e. The van der Waals surface area contributed by atoms with Crippen molar-refractivity contribution in [3.05, 3.63) is 52.4 Å². The molecule has 9 heteroatoms. The Morgan fingerprint density at radius 2 is 1.93 bits per heavy atom. The predicted octanol–water partition coefficient (Wildman–Crippen LogP) is 2.33. The number of benzene rings is 1. The molecule has 1 aliphatic carbocycles. The summed E-state index contributed by atoms with van der Waals surface area (Å²) in [6.45, 7) is 0.877. The number of sulfonamides is 1. The Kier molecular flexibility index (Phi) is 7.05. The van der Waals surface area contributed by atoms with Gasteiger partial charge >= 0.3 is 5.97 Å². The maximum absolute atomic E-state index is 12.1. The van der Waals surface area contributed by atoms with Crippen molar-refractivity contribution in [2.45, 2.75) is 42.9 Å². The topological polar surface area (TPSA) is 102 Å². The van der Waals surface area contributed by atoms with Gasteiger partial charge in [0, 0.05) is 0 Å². The molecule has 29 heavy (non-hydrogen) atoms. The molecule has 156 valence electrons. The predicted molar refractivity (Wildman–Crippen MR) is 110 cm³/mol. The third kappa shape index (κ3) is 5.88. The van der Waals surface area contributed by atoms with Gasteiger partial charge in [0.2, 0.25) is 0 Å². The lowest BCUT2D eigenvalue weighted by atomic mass is 9.89. The molecular weight excluding hydrogens is 412 g/mol. The fourth-order valence-corrected chi connectivity index (χ4v) is 5.23. The summed E-state index contributed by atoms with van der Waals surface area (Å²) in [6.07, 6.45) is 4.56. The minimum atomic E-state index is -3.75. The van der Waals surface area contributed by atoms with Gasteiger partial charge in [-0.15, -0.1) is 11.3 Å². The summed E-state index contributed by atoms with van der Waals surface area (Å²) < 4.78 is 31.0. The third-order valence-electron chi connectivity index (χ3n) is 4.78. The number of carbonyl (C=O) groups is 2. The summed E-state index contributed by atoms with van der Waals surface area (Å²) in [5, 5.41) is 4.43. The normalized spacial score (nSPS) is 14.7. The SMILES string of the molecule is CC(NC(=O)COC(=O)CNS(=O)(=O)c1cccs1)c1ccc2c(c1)CCCC2. The third-order valence-corrected chi connectivity index (χ3v) is 7.58. The molecule has 2 N–H and O–H groups in total. The van der Waals surface area contributed by atoms with E-state index in [1.807, 2.05) is 13.0 Å². The second-order valence-corrected chi connectivity index (χ2v) is 9.88. The van der Waals surface area contributed by atoms with Gasteiger partial charge in [0.1, 0.15) is 10.8 Å². The molecule has 1 unspecified atom stereocenters. The van der Waals surface area contributed by atoms with Crippen LogP contribution >= 0.6 is 11.3 Å². The zero-order valence-corrected chi connectivity index (χ0v) is 17.8. The van der Waals surface area contributed by atoms with E-state index >= 15 is 0 Å². The van der Waals surface area contributed by atoms with Crippen LogP contribution < -0.4 is 10.0 Å². The number of amides is 1. The molecule has 1 aliphatic rings. The second kappa shape index (κ2) is 9.51. The van der Waals surface area contributed by atoms with Crippen LogP contribution in [-0.4, -0.2) is 33.4 Å². The Balaban J connectivity index is 1.44. The molecular formula is C20H24N2O5S2. The van der Waals surface area contributed by atoms with Crippen molar-refractivity contribution >= 4 is 33.2 Å². The van der Waals surface area contributed by atoms with Crippen LogP contribution in [0.25, 0.3) is 0 Å². The van der Waals surface area contributed by atoms with Gasteiger partial charge in [0.15, 0.2) is 6.61 Å². The lowest BCUT2D eigenvalue weighted by molar-refractivity contribution is -0.147.